The largest absolute Gasteiger partial charge is 0.380 e. The third kappa shape index (κ3) is 3.26. The van der Waals surface area contributed by atoms with Crippen molar-refractivity contribution in [1.29, 1.82) is 0 Å². The summed E-state index contributed by atoms with van der Waals surface area (Å²) in [5.74, 6) is 0.115. The highest BCUT2D eigenvalue weighted by atomic mass is 16.5. The number of nitrogens with one attached hydrogen (secondary N) is 1. The van der Waals surface area contributed by atoms with E-state index in [1.807, 2.05) is 24.0 Å². The Kier molecular flexibility index (Phi) is 4.43. The Morgan fingerprint density at radius 3 is 3.00 bits per heavy atom. The van der Waals surface area contributed by atoms with Gasteiger partial charge in [0.2, 0.25) is 5.91 Å². The molecular weight excluding hydrogens is 240 g/mol. The van der Waals surface area contributed by atoms with Crippen molar-refractivity contribution in [1.82, 2.24) is 0 Å². The number of nitrogens with zero attached hydrogens (tertiary/aromatic N) is 1. The van der Waals surface area contributed by atoms with E-state index in [-0.39, 0.29) is 11.9 Å². The summed E-state index contributed by atoms with van der Waals surface area (Å²) in [7, 11) is 0. The van der Waals surface area contributed by atoms with Crippen LogP contribution in [0.15, 0.2) is 18.2 Å². The lowest BCUT2D eigenvalue weighted by atomic mass is 10.1. The summed E-state index contributed by atoms with van der Waals surface area (Å²) in [6.45, 7) is 7.95. The Bertz CT molecular complexity index is 459. The molecule has 4 nitrogen and oxygen atoms in total. The number of hydrogen-bond acceptors (Lipinski definition) is 3. The second kappa shape index (κ2) is 6.06. The number of carbonyl (C=O) groups is 1. The normalized spacial score (nSPS) is 15.2. The molecule has 1 atom stereocenters. The predicted octanol–water partition coefficient (Wildman–Crippen LogP) is 2.43. The van der Waals surface area contributed by atoms with Crippen LogP contribution < -0.4 is 10.2 Å². The highest BCUT2D eigenvalue weighted by molar-refractivity contribution is 5.94. The fourth-order valence-electron chi connectivity index (χ4n) is 2.44. The van der Waals surface area contributed by atoms with E-state index in [4.69, 9.17) is 4.74 Å². The van der Waals surface area contributed by atoms with Crippen LogP contribution in [0, 0.1) is 0 Å². The fourth-order valence-corrected chi connectivity index (χ4v) is 2.44. The molecule has 0 aromatic heterocycles. The van der Waals surface area contributed by atoms with Crippen LogP contribution in [0.5, 0.6) is 0 Å². The first-order chi connectivity index (χ1) is 9.11. The lowest BCUT2D eigenvalue weighted by molar-refractivity contribution is -0.116. The molecule has 1 N–H and O–H groups in total. The average molecular weight is 262 g/mol. The molecule has 0 fully saturated rings. The summed E-state index contributed by atoms with van der Waals surface area (Å²) in [5, 5.41) is 3.42. The molecule has 19 heavy (non-hydrogen) atoms. The van der Waals surface area contributed by atoms with Crippen LogP contribution in [-0.2, 0) is 16.0 Å². The molecule has 104 valence electrons. The Balaban J connectivity index is 2.04. The predicted molar refractivity (Wildman–Crippen MR) is 77.8 cm³/mol. The van der Waals surface area contributed by atoms with Crippen molar-refractivity contribution >= 4 is 17.3 Å². The van der Waals surface area contributed by atoms with Crippen LogP contribution in [0.1, 0.15) is 26.3 Å². The first kappa shape index (κ1) is 13.9. The first-order valence-corrected chi connectivity index (χ1v) is 6.87. The molecule has 1 aromatic carbocycles. The van der Waals surface area contributed by atoms with Gasteiger partial charge in [0.05, 0.1) is 6.61 Å². The number of anilines is 2. The molecule has 0 saturated carbocycles. The third-order valence-corrected chi connectivity index (χ3v) is 3.34. The SMILES string of the molecule is CCOCC(C)Nc1ccc2c(c1)CCN2C(C)=O. The number of hydrogen-bond donors (Lipinski definition) is 1. The van der Waals surface area contributed by atoms with Crippen LogP contribution in [0.3, 0.4) is 0 Å². The molecule has 1 heterocycles. The van der Waals surface area contributed by atoms with E-state index < -0.39 is 0 Å². The van der Waals surface area contributed by atoms with Crippen molar-refractivity contribution in [3.05, 3.63) is 23.8 Å². The first-order valence-electron chi connectivity index (χ1n) is 6.87. The van der Waals surface area contributed by atoms with Crippen molar-refractivity contribution in [3.8, 4) is 0 Å². The second-order valence-corrected chi connectivity index (χ2v) is 4.97. The molecule has 1 aromatic rings. The average Bonchev–Trinajstić information content (AvgIpc) is 2.79. The molecule has 0 bridgehead atoms. The summed E-state index contributed by atoms with van der Waals surface area (Å²) in [5.41, 5.74) is 3.38. The summed E-state index contributed by atoms with van der Waals surface area (Å²) in [4.78, 5) is 13.3. The van der Waals surface area contributed by atoms with Crippen molar-refractivity contribution in [2.24, 2.45) is 0 Å². The number of rotatable bonds is 5. The van der Waals surface area contributed by atoms with Crippen molar-refractivity contribution in [3.63, 3.8) is 0 Å². The Labute approximate surface area is 114 Å². The summed E-state index contributed by atoms with van der Waals surface area (Å²) in [6.07, 6.45) is 0.935. The number of carbonyl (C=O) groups excluding carboxylic acids is 1. The van der Waals surface area contributed by atoms with Gasteiger partial charge in [-0.2, -0.15) is 0 Å². The van der Waals surface area contributed by atoms with Crippen molar-refractivity contribution < 1.29 is 9.53 Å². The van der Waals surface area contributed by atoms with Crippen LogP contribution in [0.2, 0.25) is 0 Å². The van der Waals surface area contributed by atoms with Gasteiger partial charge in [-0.25, -0.2) is 0 Å². The van der Waals surface area contributed by atoms with Gasteiger partial charge in [0.25, 0.3) is 0 Å². The Hall–Kier alpha value is -1.55. The molecule has 0 spiro atoms. The molecule has 4 heteroatoms. The van der Waals surface area contributed by atoms with E-state index in [9.17, 15) is 4.79 Å². The minimum Gasteiger partial charge on any atom is -0.380 e. The van der Waals surface area contributed by atoms with Gasteiger partial charge in [-0.05, 0) is 44.0 Å². The van der Waals surface area contributed by atoms with E-state index in [0.717, 1.165) is 30.9 Å². The van der Waals surface area contributed by atoms with Gasteiger partial charge < -0.3 is 15.0 Å². The fraction of sp³-hybridized carbons (Fsp3) is 0.533. The highest BCUT2D eigenvalue weighted by Gasteiger charge is 2.22. The van der Waals surface area contributed by atoms with Gasteiger partial charge in [-0.3, -0.25) is 4.79 Å². The molecule has 1 amide bonds. The van der Waals surface area contributed by atoms with Crippen molar-refractivity contribution in [2.45, 2.75) is 33.2 Å². The topological polar surface area (TPSA) is 41.6 Å². The minimum absolute atomic E-state index is 0.115. The quantitative estimate of drug-likeness (QED) is 0.886. The zero-order valence-electron chi connectivity index (χ0n) is 11.9. The monoisotopic (exact) mass is 262 g/mol. The van der Waals surface area contributed by atoms with E-state index in [1.54, 1.807) is 6.92 Å². The van der Waals surface area contributed by atoms with Crippen LogP contribution in [-0.4, -0.2) is 31.7 Å². The Morgan fingerprint density at radius 1 is 1.53 bits per heavy atom. The molecule has 1 aliphatic rings. The standard InChI is InChI=1S/C15H22N2O2/c1-4-19-10-11(2)16-14-5-6-15-13(9-14)7-8-17(15)12(3)18/h5-6,9,11,16H,4,7-8,10H2,1-3H3. The zero-order chi connectivity index (χ0) is 13.8. The molecule has 1 aliphatic heterocycles. The molecule has 2 rings (SSSR count). The maximum absolute atomic E-state index is 11.5. The lowest BCUT2D eigenvalue weighted by Crippen LogP contribution is -2.25. The smallest absolute Gasteiger partial charge is 0.223 e. The molecule has 0 aliphatic carbocycles. The van der Waals surface area contributed by atoms with Gasteiger partial charge in [-0.1, -0.05) is 0 Å². The van der Waals surface area contributed by atoms with Crippen LogP contribution in [0.4, 0.5) is 11.4 Å². The highest BCUT2D eigenvalue weighted by Crippen LogP contribution is 2.30. The molecule has 0 radical (unpaired) electrons. The van der Waals surface area contributed by atoms with Crippen LogP contribution >= 0.6 is 0 Å². The zero-order valence-corrected chi connectivity index (χ0v) is 11.9. The second-order valence-electron chi connectivity index (χ2n) is 4.97. The minimum atomic E-state index is 0.115. The van der Waals surface area contributed by atoms with E-state index in [2.05, 4.69) is 18.3 Å². The number of benzene rings is 1. The molecular formula is C15H22N2O2. The number of fused-ring (bicyclic) bond motifs is 1. The van der Waals surface area contributed by atoms with Crippen LogP contribution in [0.25, 0.3) is 0 Å². The summed E-state index contributed by atoms with van der Waals surface area (Å²) < 4.78 is 5.39. The van der Waals surface area contributed by atoms with E-state index in [0.29, 0.717) is 6.61 Å². The van der Waals surface area contributed by atoms with Crippen molar-refractivity contribution in [2.75, 3.05) is 30.0 Å². The number of ether oxygens (including phenoxy) is 1. The van der Waals surface area contributed by atoms with Gasteiger partial charge in [0.1, 0.15) is 0 Å². The Morgan fingerprint density at radius 2 is 2.32 bits per heavy atom. The third-order valence-electron chi connectivity index (χ3n) is 3.34. The van der Waals surface area contributed by atoms with E-state index in [1.165, 1.54) is 5.56 Å². The van der Waals surface area contributed by atoms with Gasteiger partial charge in [0.15, 0.2) is 0 Å². The van der Waals surface area contributed by atoms with Gasteiger partial charge in [-0.15, -0.1) is 0 Å². The van der Waals surface area contributed by atoms with Gasteiger partial charge in [0, 0.05) is 37.5 Å². The number of amides is 1. The maximum atomic E-state index is 11.5. The molecule has 0 saturated heterocycles. The summed E-state index contributed by atoms with van der Waals surface area (Å²) in [6, 6.07) is 6.48. The van der Waals surface area contributed by atoms with E-state index >= 15 is 0 Å². The maximum Gasteiger partial charge on any atom is 0.223 e. The summed E-state index contributed by atoms with van der Waals surface area (Å²) >= 11 is 0. The van der Waals surface area contributed by atoms with Gasteiger partial charge >= 0.3 is 0 Å². The molecule has 1 unspecified atom stereocenters. The lowest BCUT2D eigenvalue weighted by Gasteiger charge is -2.17.